The van der Waals surface area contributed by atoms with E-state index in [1.807, 2.05) is 60.0 Å². The Morgan fingerprint density at radius 1 is 0.900 bits per heavy atom. The first-order valence-corrected chi connectivity index (χ1v) is 7.10. The molecule has 0 fully saturated rings. The summed E-state index contributed by atoms with van der Waals surface area (Å²) in [5.74, 6) is 0. The number of nitrogens with zero attached hydrogens (tertiary/aromatic N) is 1. The zero-order valence-corrected chi connectivity index (χ0v) is 11.5. The Bertz CT molecular complexity index is 779. The lowest BCUT2D eigenvalue weighted by atomic mass is 9.99. The van der Waals surface area contributed by atoms with E-state index in [0.29, 0.717) is 5.56 Å². The van der Waals surface area contributed by atoms with E-state index in [1.165, 1.54) is 0 Å². The summed E-state index contributed by atoms with van der Waals surface area (Å²) >= 11 is 1.63. The Labute approximate surface area is 121 Å². The van der Waals surface area contributed by atoms with E-state index in [2.05, 4.69) is 6.07 Å². The number of rotatable bonds is 2. The van der Waals surface area contributed by atoms with Crippen LogP contribution in [0.5, 0.6) is 0 Å². The van der Waals surface area contributed by atoms with E-state index in [1.54, 1.807) is 11.3 Å². The number of nitrogen functional groups attached to an aromatic ring is 1. The van der Waals surface area contributed by atoms with Crippen molar-refractivity contribution < 1.29 is 0 Å². The molecule has 0 spiro atoms. The van der Waals surface area contributed by atoms with Crippen molar-refractivity contribution >= 4 is 17.0 Å². The topological polar surface area (TPSA) is 49.8 Å². The Morgan fingerprint density at radius 2 is 1.60 bits per heavy atom. The molecule has 2 aromatic carbocycles. The minimum absolute atomic E-state index is 0.691. The SMILES string of the molecule is N#Cc1ccccc1-c1ccc(-c2sccc2N)cc1. The summed E-state index contributed by atoms with van der Waals surface area (Å²) in [7, 11) is 0. The van der Waals surface area contributed by atoms with Gasteiger partial charge < -0.3 is 5.73 Å². The number of hydrogen-bond donors (Lipinski definition) is 1. The molecule has 0 saturated heterocycles. The molecule has 0 bridgehead atoms. The first-order chi connectivity index (χ1) is 9.79. The highest BCUT2D eigenvalue weighted by Gasteiger charge is 2.06. The van der Waals surface area contributed by atoms with Crippen molar-refractivity contribution in [1.29, 1.82) is 5.26 Å². The Hall–Kier alpha value is -2.57. The van der Waals surface area contributed by atoms with Gasteiger partial charge in [0.2, 0.25) is 0 Å². The fourth-order valence-electron chi connectivity index (χ4n) is 2.19. The molecule has 0 atom stereocenters. The van der Waals surface area contributed by atoms with Gasteiger partial charge in [-0.3, -0.25) is 0 Å². The van der Waals surface area contributed by atoms with Crippen LogP contribution in [0, 0.1) is 11.3 Å². The highest BCUT2D eigenvalue weighted by Crippen LogP contribution is 2.33. The first-order valence-electron chi connectivity index (χ1n) is 6.22. The van der Waals surface area contributed by atoms with Gasteiger partial charge in [0.1, 0.15) is 0 Å². The second-order valence-electron chi connectivity index (χ2n) is 4.44. The van der Waals surface area contributed by atoms with Gasteiger partial charge >= 0.3 is 0 Å². The third-order valence-corrected chi connectivity index (χ3v) is 4.18. The van der Waals surface area contributed by atoms with Crippen LogP contribution in [-0.4, -0.2) is 0 Å². The molecule has 3 rings (SSSR count). The molecule has 0 saturated carbocycles. The molecule has 0 amide bonds. The van der Waals surface area contributed by atoms with E-state index < -0.39 is 0 Å². The molecule has 2 nitrogen and oxygen atoms in total. The smallest absolute Gasteiger partial charge is 0.0998 e. The average Bonchev–Trinajstić information content (AvgIpc) is 2.93. The molecule has 3 heteroatoms. The standard InChI is InChI=1S/C17H12N2S/c18-11-14-3-1-2-4-15(14)12-5-7-13(8-6-12)17-16(19)9-10-20-17/h1-10H,19H2. The fourth-order valence-corrected chi connectivity index (χ4v) is 3.01. The minimum atomic E-state index is 0.691. The molecule has 3 aromatic rings. The Morgan fingerprint density at radius 3 is 2.25 bits per heavy atom. The summed E-state index contributed by atoms with van der Waals surface area (Å²) in [5.41, 5.74) is 10.5. The molecule has 2 N–H and O–H groups in total. The molecule has 20 heavy (non-hydrogen) atoms. The van der Waals surface area contributed by atoms with E-state index in [-0.39, 0.29) is 0 Å². The molecule has 0 aliphatic carbocycles. The van der Waals surface area contributed by atoms with E-state index >= 15 is 0 Å². The van der Waals surface area contributed by atoms with Crippen molar-refractivity contribution in [2.45, 2.75) is 0 Å². The van der Waals surface area contributed by atoms with Crippen LogP contribution in [0.1, 0.15) is 5.56 Å². The zero-order chi connectivity index (χ0) is 13.9. The lowest BCUT2D eigenvalue weighted by molar-refractivity contribution is 1.48. The third-order valence-electron chi connectivity index (χ3n) is 3.20. The minimum Gasteiger partial charge on any atom is -0.398 e. The van der Waals surface area contributed by atoms with Gasteiger partial charge in [-0.05, 0) is 34.2 Å². The second kappa shape index (κ2) is 5.20. The summed E-state index contributed by atoms with van der Waals surface area (Å²) in [5, 5.41) is 11.1. The quantitative estimate of drug-likeness (QED) is 0.747. The van der Waals surface area contributed by atoms with Crippen molar-refractivity contribution in [3.8, 4) is 27.6 Å². The molecular formula is C17H12N2S. The number of hydrogen-bond acceptors (Lipinski definition) is 3. The van der Waals surface area contributed by atoms with Crippen molar-refractivity contribution in [3.63, 3.8) is 0 Å². The van der Waals surface area contributed by atoms with E-state index in [0.717, 1.165) is 27.3 Å². The average molecular weight is 276 g/mol. The van der Waals surface area contributed by atoms with Gasteiger partial charge in [-0.15, -0.1) is 11.3 Å². The maximum absolute atomic E-state index is 9.16. The lowest BCUT2D eigenvalue weighted by Gasteiger charge is -2.06. The Balaban J connectivity index is 2.02. The molecule has 0 aliphatic rings. The van der Waals surface area contributed by atoms with Crippen molar-refractivity contribution in [1.82, 2.24) is 0 Å². The van der Waals surface area contributed by atoms with Crippen LogP contribution in [-0.2, 0) is 0 Å². The highest BCUT2D eigenvalue weighted by atomic mass is 32.1. The molecular weight excluding hydrogens is 264 g/mol. The van der Waals surface area contributed by atoms with Crippen LogP contribution in [0.3, 0.4) is 0 Å². The van der Waals surface area contributed by atoms with Gasteiger partial charge in [0.25, 0.3) is 0 Å². The van der Waals surface area contributed by atoms with Gasteiger partial charge in [0.15, 0.2) is 0 Å². The summed E-state index contributed by atoms with van der Waals surface area (Å²) in [4.78, 5) is 1.09. The number of anilines is 1. The number of nitrogens with two attached hydrogens (primary N) is 1. The van der Waals surface area contributed by atoms with Crippen LogP contribution in [0.4, 0.5) is 5.69 Å². The van der Waals surface area contributed by atoms with Crippen LogP contribution < -0.4 is 5.73 Å². The second-order valence-corrected chi connectivity index (χ2v) is 5.36. The predicted octanol–water partition coefficient (Wildman–Crippen LogP) is 4.54. The first kappa shape index (κ1) is 12.5. The van der Waals surface area contributed by atoms with Crippen LogP contribution in [0.15, 0.2) is 60.0 Å². The maximum Gasteiger partial charge on any atom is 0.0998 e. The van der Waals surface area contributed by atoms with Gasteiger partial charge in [-0.1, -0.05) is 42.5 Å². The molecule has 0 radical (unpaired) electrons. The van der Waals surface area contributed by atoms with E-state index in [4.69, 9.17) is 11.0 Å². The van der Waals surface area contributed by atoms with Gasteiger partial charge in [-0.2, -0.15) is 5.26 Å². The largest absolute Gasteiger partial charge is 0.398 e. The van der Waals surface area contributed by atoms with Gasteiger partial charge in [-0.25, -0.2) is 0 Å². The monoisotopic (exact) mass is 276 g/mol. The third kappa shape index (κ3) is 2.18. The van der Waals surface area contributed by atoms with Crippen molar-refractivity contribution in [3.05, 3.63) is 65.5 Å². The summed E-state index contributed by atoms with van der Waals surface area (Å²) < 4.78 is 0. The fraction of sp³-hybridized carbons (Fsp3) is 0. The molecule has 1 heterocycles. The van der Waals surface area contributed by atoms with Crippen LogP contribution in [0.2, 0.25) is 0 Å². The summed E-state index contributed by atoms with van der Waals surface area (Å²) in [6, 6.07) is 19.9. The molecule has 0 unspecified atom stereocenters. The van der Waals surface area contributed by atoms with Crippen molar-refractivity contribution in [2.24, 2.45) is 0 Å². The van der Waals surface area contributed by atoms with Crippen molar-refractivity contribution in [2.75, 3.05) is 5.73 Å². The van der Waals surface area contributed by atoms with Gasteiger partial charge in [0, 0.05) is 0 Å². The molecule has 96 valence electrons. The zero-order valence-electron chi connectivity index (χ0n) is 10.7. The molecule has 1 aromatic heterocycles. The number of benzene rings is 2. The summed E-state index contributed by atoms with van der Waals surface area (Å²) in [6.45, 7) is 0. The molecule has 0 aliphatic heterocycles. The van der Waals surface area contributed by atoms with Gasteiger partial charge in [0.05, 0.1) is 22.2 Å². The Kier molecular flexibility index (Phi) is 3.24. The van der Waals surface area contributed by atoms with Crippen LogP contribution in [0.25, 0.3) is 21.6 Å². The maximum atomic E-state index is 9.16. The lowest BCUT2D eigenvalue weighted by Crippen LogP contribution is -1.86. The highest BCUT2D eigenvalue weighted by molar-refractivity contribution is 7.14. The normalized spacial score (nSPS) is 10.2. The summed E-state index contributed by atoms with van der Waals surface area (Å²) in [6.07, 6.45) is 0. The number of nitriles is 1. The van der Waals surface area contributed by atoms with E-state index in [9.17, 15) is 0 Å². The predicted molar refractivity (Wildman–Crippen MR) is 84.3 cm³/mol. The number of thiophene rings is 1. The van der Waals surface area contributed by atoms with Crippen LogP contribution >= 0.6 is 11.3 Å².